The molecule has 0 saturated heterocycles. The van der Waals surface area contributed by atoms with Crippen LogP contribution in [0.3, 0.4) is 0 Å². The van der Waals surface area contributed by atoms with Crippen molar-refractivity contribution in [3.8, 4) is 0 Å². The largest absolute Gasteiger partial charge is 0.458 e. The molecule has 58 valence electrons. The molecule has 0 aromatic carbocycles. The summed E-state index contributed by atoms with van der Waals surface area (Å²) in [5.41, 5.74) is 0.176. The Balaban J connectivity index is 3.86. The van der Waals surface area contributed by atoms with Crippen LogP contribution in [0.2, 0.25) is 0 Å². The van der Waals surface area contributed by atoms with Crippen molar-refractivity contribution in [1.29, 1.82) is 0 Å². The molecule has 4 heteroatoms. The fourth-order valence-corrected chi connectivity index (χ4v) is 0.403. The van der Waals surface area contributed by atoms with Gasteiger partial charge in [-0.3, -0.25) is 0 Å². The molecular weight excluding hydrogens is 154 g/mol. The van der Waals surface area contributed by atoms with Gasteiger partial charge in [-0.1, -0.05) is 0 Å². The molecule has 10 heavy (non-hydrogen) atoms. The Hall–Kier alpha value is -0.570. The summed E-state index contributed by atoms with van der Waals surface area (Å²) in [5, 5.41) is 0. The third-order valence-corrected chi connectivity index (χ3v) is 1.02. The Bertz CT molecular complexity index is 154. The number of rotatable bonds is 2. The predicted octanol–water partition coefficient (Wildman–Crippen LogP) is 1.55. The molecule has 0 aliphatic rings. The van der Waals surface area contributed by atoms with Gasteiger partial charge in [-0.2, -0.15) is 4.51 Å². The summed E-state index contributed by atoms with van der Waals surface area (Å²) in [6, 6.07) is 0. The van der Waals surface area contributed by atoms with Crippen LogP contribution in [-0.4, -0.2) is 17.8 Å². The van der Waals surface area contributed by atoms with E-state index < -0.39 is 5.97 Å². The summed E-state index contributed by atoms with van der Waals surface area (Å²) in [6.07, 6.45) is -0.124. The number of carbonyl (C=O) groups is 1. The lowest BCUT2D eigenvalue weighted by molar-refractivity contribution is -0.139. The van der Waals surface area contributed by atoms with Gasteiger partial charge < -0.3 is 4.74 Å². The molecule has 3 nitrogen and oxygen atoms in total. The third-order valence-electron chi connectivity index (χ3n) is 0.765. The van der Waals surface area contributed by atoms with Crippen molar-refractivity contribution in [2.24, 2.45) is 4.51 Å². The number of hydrogen-bond acceptors (Lipinski definition) is 3. The van der Waals surface area contributed by atoms with Gasteiger partial charge in [-0.05, 0) is 20.8 Å². The normalized spacial score (nSPS) is 11.9. The van der Waals surface area contributed by atoms with Gasteiger partial charge in [-0.25, -0.2) is 4.79 Å². The quantitative estimate of drug-likeness (QED) is 0.458. The van der Waals surface area contributed by atoms with E-state index in [1.807, 2.05) is 0 Å². The van der Waals surface area contributed by atoms with Crippen LogP contribution in [0, 0.1) is 0 Å². The number of halogens is 1. The molecule has 0 unspecified atom stereocenters. The van der Waals surface area contributed by atoms with Crippen LogP contribution in [0.25, 0.3) is 0 Å². The highest BCUT2D eigenvalue weighted by Crippen LogP contribution is 1.92. The van der Waals surface area contributed by atoms with E-state index in [-0.39, 0.29) is 11.8 Å². The average Bonchev–Trinajstić information content (AvgIpc) is 1.85. The second-order valence-corrected chi connectivity index (χ2v) is 2.29. The molecule has 0 fully saturated rings. The number of carbonyl (C=O) groups excluding carboxylic acids is 1. The molecule has 0 aromatic heterocycles. The lowest BCUT2D eigenvalue weighted by Crippen LogP contribution is -2.17. The Morgan fingerprint density at radius 1 is 1.60 bits per heavy atom. The van der Waals surface area contributed by atoms with Crippen molar-refractivity contribution < 1.29 is 9.53 Å². The molecule has 0 rings (SSSR count). The van der Waals surface area contributed by atoms with Gasteiger partial charge >= 0.3 is 5.97 Å². The molecule has 0 saturated carbocycles. The van der Waals surface area contributed by atoms with E-state index in [2.05, 4.69) is 4.51 Å². The van der Waals surface area contributed by atoms with Crippen LogP contribution in [0.1, 0.15) is 20.8 Å². The fourth-order valence-electron chi connectivity index (χ4n) is 0.334. The first-order chi connectivity index (χ1) is 4.57. The van der Waals surface area contributed by atoms with Crippen molar-refractivity contribution in [2.75, 3.05) is 0 Å². The van der Waals surface area contributed by atoms with E-state index >= 15 is 0 Å². The fraction of sp³-hybridized carbons (Fsp3) is 0.667. The maximum atomic E-state index is 10.7. The molecule has 0 bridgehead atoms. The number of ether oxygens (including phenoxy) is 1. The average molecular weight is 164 g/mol. The Morgan fingerprint density at radius 2 is 2.10 bits per heavy atom. The summed E-state index contributed by atoms with van der Waals surface area (Å²) in [4.78, 5) is 10.7. The van der Waals surface area contributed by atoms with E-state index in [1.165, 1.54) is 6.92 Å². The predicted molar refractivity (Wildman–Crippen MR) is 40.2 cm³/mol. The van der Waals surface area contributed by atoms with Crippen molar-refractivity contribution >= 4 is 23.5 Å². The molecule has 0 spiro atoms. The van der Waals surface area contributed by atoms with Gasteiger partial charge in [0.2, 0.25) is 0 Å². The SMILES string of the molecule is C/C(=N\Cl)C(=O)OC(C)C. The lowest BCUT2D eigenvalue weighted by Gasteiger charge is -2.05. The molecule has 0 aliphatic carbocycles. The van der Waals surface area contributed by atoms with Crippen molar-refractivity contribution in [3.05, 3.63) is 0 Å². The second kappa shape index (κ2) is 4.28. The smallest absolute Gasteiger partial charge is 0.353 e. The van der Waals surface area contributed by atoms with Crippen molar-refractivity contribution in [1.82, 2.24) is 0 Å². The zero-order valence-corrected chi connectivity index (χ0v) is 6.97. The Morgan fingerprint density at radius 3 is 2.40 bits per heavy atom. The lowest BCUT2D eigenvalue weighted by atomic mass is 10.4. The van der Waals surface area contributed by atoms with Gasteiger partial charge in [0.1, 0.15) is 5.71 Å². The summed E-state index contributed by atoms with van der Waals surface area (Å²) in [6.45, 7) is 5.02. The highest BCUT2D eigenvalue weighted by molar-refractivity contribution is 6.40. The van der Waals surface area contributed by atoms with Gasteiger partial charge in [0.05, 0.1) is 6.10 Å². The second-order valence-electron chi connectivity index (χ2n) is 2.12. The third kappa shape index (κ3) is 3.45. The minimum Gasteiger partial charge on any atom is -0.458 e. The first-order valence-corrected chi connectivity index (χ1v) is 3.28. The van der Waals surface area contributed by atoms with Crippen LogP contribution in [-0.2, 0) is 9.53 Å². The van der Waals surface area contributed by atoms with Crippen LogP contribution in [0.15, 0.2) is 4.51 Å². The zero-order chi connectivity index (χ0) is 8.15. The first-order valence-electron chi connectivity index (χ1n) is 2.94. The van der Waals surface area contributed by atoms with E-state index in [4.69, 9.17) is 16.5 Å². The molecule has 0 aliphatic heterocycles. The van der Waals surface area contributed by atoms with Gasteiger partial charge in [-0.15, -0.1) is 0 Å². The molecular formula is C6H10ClNO2. The number of esters is 1. The minimum absolute atomic E-state index is 0.124. The van der Waals surface area contributed by atoms with E-state index in [1.54, 1.807) is 13.8 Å². The number of hydrogen-bond donors (Lipinski definition) is 0. The molecule has 0 aromatic rings. The first kappa shape index (κ1) is 9.43. The Kier molecular flexibility index (Phi) is 4.03. The molecule has 0 N–H and O–H groups in total. The summed E-state index contributed by atoms with van der Waals surface area (Å²) < 4.78 is 7.90. The van der Waals surface area contributed by atoms with Crippen LogP contribution < -0.4 is 0 Å². The van der Waals surface area contributed by atoms with E-state index in [9.17, 15) is 4.79 Å². The van der Waals surface area contributed by atoms with Crippen LogP contribution >= 0.6 is 11.8 Å². The Labute approximate surface area is 65.1 Å². The van der Waals surface area contributed by atoms with Crippen molar-refractivity contribution in [2.45, 2.75) is 26.9 Å². The molecule has 0 atom stereocenters. The maximum Gasteiger partial charge on any atom is 0.353 e. The van der Waals surface area contributed by atoms with Crippen LogP contribution in [0.4, 0.5) is 0 Å². The topological polar surface area (TPSA) is 38.7 Å². The summed E-state index contributed by atoms with van der Waals surface area (Å²) in [5.74, 6) is -0.468. The highest BCUT2D eigenvalue weighted by Gasteiger charge is 2.08. The van der Waals surface area contributed by atoms with E-state index in [0.717, 1.165) is 0 Å². The van der Waals surface area contributed by atoms with Crippen molar-refractivity contribution in [3.63, 3.8) is 0 Å². The highest BCUT2D eigenvalue weighted by atomic mass is 35.5. The molecule has 0 amide bonds. The monoisotopic (exact) mass is 163 g/mol. The van der Waals surface area contributed by atoms with Gasteiger partial charge in [0, 0.05) is 11.8 Å². The van der Waals surface area contributed by atoms with Gasteiger partial charge in [0.15, 0.2) is 0 Å². The zero-order valence-electron chi connectivity index (χ0n) is 6.22. The van der Waals surface area contributed by atoms with E-state index in [0.29, 0.717) is 0 Å². The molecule has 0 heterocycles. The standard InChI is InChI=1S/C6H10ClNO2/c1-4(2)10-6(9)5(3)8-7/h4H,1-3H3/b8-5+. The number of nitrogens with zero attached hydrogens (tertiary/aromatic N) is 1. The summed E-state index contributed by atoms with van der Waals surface area (Å²) >= 11 is 5.02. The minimum atomic E-state index is -0.468. The van der Waals surface area contributed by atoms with Crippen LogP contribution in [0.5, 0.6) is 0 Å². The maximum absolute atomic E-state index is 10.7. The summed E-state index contributed by atoms with van der Waals surface area (Å²) in [7, 11) is 0. The van der Waals surface area contributed by atoms with Gasteiger partial charge in [0.25, 0.3) is 0 Å². The molecule has 0 radical (unpaired) electrons.